The van der Waals surface area contributed by atoms with Gasteiger partial charge in [-0.05, 0) is 28.2 Å². The number of hydrogen-bond donors (Lipinski definition) is 4. The molecular weight excluding hydrogens is 446 g/mol. The lowest BCUT2D eigenvalue weighted by Crippen LogP contribution is -2.36. The Morgan fingerprint density at radius 3 is 1.17 bits per heavy atom. The first-order chi connectivity index (χ1) is 13.7. The summed E-state index contributed by atoms with van der Waals surface area (Å²) in [4.78, 5) is 0. The van der Waals surface area contributed by atoms with Gasteiger partial charge in [0.05, 0.1) is 0 Å². The topological polar surface area (TPSA) is 107 Å². The molecule has 0 saturated heterocycles. The van der Waals surface area contributed by atoms with Crippen LogP contribution >= 0.6 is 30.0 Å². The predicted molar refractivity (Wildman–Crippen MR) is 132 cm³/mol. The second-order valence-electron chi connectivity index (χ2n) is 7.06. The zero-order valence-electron chi connectivity index (χ0n) is 19.5. The van der Waals surface area contributed by atoms with Crippen molar-refractivity contribution in [1.82, 2.24) is 34.1 Å². The fourth-order valence-electron chi connectivity index (χ4n) is 3.39. The Hall–Kier alpha value is 0.640. The second-order valence-corrected chi connectivity index (χ2v) is 18.6. The number of nitrogens with zero attached hydrogens (tertiary/aromatic N) is 7. The van der Waals surface area contributed by atoms with Crippen LogP contribution in [-0.2, 0) is 0 Å². The first-order valence-corrected chi connectivity index (χ1v) is 16.9. The summed E-state index contributed by atoms with van der Waals surface area (Å²) in [5.41, 5.74) is 0. The third kappa shape index (κ3) is 4.58. The molecule has 2 heterocycles. The Morgan fingerprint density at radius 1 is 0.586 bits per heavy atom. The standard InChI is InChI=1S/C14H41N11P4/c1-10-15-26(23(6)7)19-28(17-12-3)21-27(16-11-2,24(8)9)22-29(20-26,18-13-4)25(28)14-5/h15-18H,10-14H2,1-9H3/t26-,27+,28-,29+. The molecule has 0 radical (unpaired) electrons. The summed E-state index contributed by atoms with van der Waals surface area (Å²) in [6.45, 7) is 14.6. The van der Waals surface area contributed by atoms with Crippen LogP contribution in [0.2, 0.25) is 0 Å². The van der Waals surface area contributed by atoms with Gasteiger partial charge in [0.25, 0.3) is 0 Å². The van der Waals surface area contributed by atoms with Crippen molar-refractivity contribution in [3.63, 3.8) is 0 Å². The van der Waals surface area contributed by atoms with Crippen LogP contribution in [0.25, 0.3) is 0 Å². The molecule has 0 aromatic carbocycles. The van der Waals surface area contributed by atoms with Crippen molar-refractivity contribution in [2.75, 3.05) is 60.9 Å². The van der Waals surface area contributed by atoms with Crippen LogP contribution in [-0.4, -0.2) is 74.7 Å². The maximum Gasteiger partial charge on any atom is 0.225 e. The highest BCUT2D eigenvalue weighted by atomic mass is 31.3. The Balaban J connectivity index is 3.06. The smallest absolute Gasteiger partial charge is 0.225 e. The van der Waals surface area contributed by atoms with Gasteiger partial charge in [-0.15, -0.1) is 0 Å². The van der Waals surface area contributed by atoms with E-state index in [0.29, 0.717) is 0 Å². The Bertz CT molecular complexity index is 739. The molecule has 2 aliphatic heterocycles. The van der Waals surface area contributed by atoms with Crippen molar-refractivity contribution in [2.45, 2.75) is 34.6 Å². The molecule has 0 aliphatic carbocycles. The van der Waals surface area contributed by atoms with E-state index in [0.717, 1.165) is 32.7 Å². The predicted octanol–water partition coefficient (Wildman–Crippen LogP) is 4.68. The van der Waals surface area contributed by atoms with Crippen molar-refractivity contribution in [1.29, 1.82) is 0 Å². The largest absolute Gasteiger partial charge is 0.254 e. The molecule has 11 nitrogen and oxygen atoms in total. The van der Waals surface area contributed by atoms with E-state index in [1.54, 1.807) is 0 Å². The average Bonchev–Trinajstić information content (AvgIpc) is 2.61. The Kier molecular flexibility index (Phi) is 8.98. The minimum absolute atomic E-state index is 0.792. The molecule has 0 saturated carbocycles. The lowest BCUT2D eigenvalue weighted by atomic mass is 10.8. The molecule has 4 atom stereocenters. The van der Waals surface area contributed by atoms with Crippen molar-refractivity contribution < 1.29 is 0 Å². The molecule has 2 aliphatic rings. The van der Waals surface area contributed by atoms with Crippen molar-refractivity contribution in [2.24, 2.45) is 18.1 Å². The van der Waals surface area contributed by atoms with Crippen molar-refractivity contribution in [3.8, 4) is 0 Å². The zero-order valence-corrected chi connectivity index (χ0v) is 23.0. The fourth-order valence-corrected chi connectivity index (χ4v) is 23.3. The highest BCUT2D eigenvalue weighted by Gasteiger charge is 2.51. The molecule has 4 N–H and O–H groups in total. The highest BCUT2D eigenvalue weighted by Crippen LogP contribution is 2.86. The van der Waals surface area contributed by atoms with Crippen LogP contribution in [0.4, 0.5) is 0 Å². The summed E-state index contributed by atoms with van der Waals surface area (Å²) in [7, 11) is -1.29. The molecule has 0 aromatic heterocycles. The third-order valence-corrected chi connectivity index (χ3v) is 21.0. The Morgan fingerprint density at radius 2 is 0.931 bits per heavy atom. The zero-order chi connectivity index (χ0) is 21.9. The van der Waals surface area contributed by atoms with Crippen LogP contribution in [0.15, 0.2) is 18.1 Å². The summed E-state index contributed by atoms with van der Waals surface area (Å²) in [6, 6.07) is 0. The fraction of sp³-hybridized carbons (Fsp3) is 1.00. The molecule has 0 spiro atoms. The summed E-state index contributed by atoms with van der Waals surface area (Å²) in [6.07, 6.45) is 0. The van der Waals surface area contributed by atoms with E-state index in [-0.39, 0.29) is 0 Å². The first-order valence-electron chi connectivity index (χ1n) is 10.3. The summed E-state index contributed by atoms with van der Waals surface area (Å²) in [5, 5.41) is 14.8. The maximum atomic E-state index is 5.49. The molecule has 0 aromatic rings. The van der Waals surface area contributed by atoms with E-state index in [1.807, 2.05) is 0 Å². The van der Waals surface area contributed by atoms with Gasteiger partial charge in [0.2, 0.25) is 30.0 Å². The lowest BCUT2D eigenvalue weighted by molar-refractivity contribution is 0.629. The molecule has 2 rings (SSSR count). The minimum Gasteiger partial charge on any atom is -0.254 e. The van der Waals surface area contributed by atoms with Crippen LogP contribution in [0.1, 0.15) is 34.6 Å². The van der Waals surface area contributed by atoms with Gasteiger partial charge in [-0.3, -0.25) is 20.3 Å². The molecule has 172 valence electrons. The van der Waals surface area contributed by atoms with E-state index in [4.69, 9.17) is 18.1 Å². The second kappa shape index (κ2) is 10.1. The van der Waals surface area contributed by atoms with E-state index < -0.39 is 30.0 Å². The highest BCUT2D eigenvalue weighted by molar-refractivity contribution is 7.91. The number of nitrogens with one attached hydrogen (secondary N) is 4. The molecule has 0 fully saturated rings. The van der Waals surface area contributed by atoms with Crippen LogP contribution < -0.4 is 20.3 Å². The van der Waals surface area contributed by atoms with Gasteiger partial charge in [-0.2, -0.15) is 22.5 Å². The quantitative estimate of drug-likeness (QED) is 0.314. The van der Waals surface area contributed by atoms with Gasteiger partial charge in [0, 0.05) is 32.7 Å². The van der Waals surface area contributed by atoms with Crippen LogP contribution in [0.5, 0.6) is 0 Å². The molecule has 0 unspecified atom stereocenters. The number of hydrogen-bond acceptors (Lipinski definition) is 11. The third-order valence-electron chi connectivity index (χ3n) is 4.52. The van der Waals surface area contributed by atoms with Gasteiger partial charge in [-0.25, -0.2) is 9.34 Å². The summed E-state index contributed by atoms with van der Waals surface area (Å²) in [5.74, 6) is 0. The minimum atomic E-state index is -2.43. The monoisotopic (exact) mass is 487 g/mol. The summed E-state index contributed by atoms with van der Waals surface area (Å²) < 4.78 is 28.6. The maximum absolute atomic E-state index is 5.49. The number of fused-ring (bicyclic) bond motifs is 2. The summed E-state index contributed by atoms with van der Waals surface area (Å²) >= 11 is 0. The van der Waals surface area contributed by atoms with E-state index in [1.165, 1.54) is 0 Å². The van der Waals surface area contributed by atoms with Gasteiger partial charge in [-0.1, -0.05) is 34.6 Å². The molecule has 15 heteroatoms. The molecule has 2 bridgehead atoms. The molecule has 29 heavy (non-hydrogen) atoms. The van der Waals surface area contributed by atoms with Gasteiger partial charge in [0.1, 0.15) is 0 Å². The van der Waals surface area contributed by atoms with Gasteiger partial charge < -0.3 is 0 Å². The van der Waals surface area contributed by atoms with Gasteiger partial charge >= 0.3 is 0 Å². The molecule has 0 amide bonds. The van der Waals surface area contributed by atoms with Crippen molar-refractivity contribution in [3.05, 3.63) is 0 Å². The lowest BCUT2D eigenvalue weighted by Gasteiger charge is -2.50. The first kappa shape index (κ1) is 25.9. The van der Waals surface area contributed by atoms with Crippen LogP contribution in [0.3, 0.4) is 0 Å². The van der Waals surface area contributed by atoms with Crippen LogP contribution in [0, 0.1) is 0 Å². The van der Waals surface area contributed by atoms with Crippen molar-refractivity contribution >= 4 is 30.0 Å². The van der Waals surface area contributed by atoms with E-state index >= 15 is 0 Å². The van der Waals surface area contributed by atoms with Gasteiger partial charge in [0.15, 0.2) is 0 Å². The van der Waals surface area contributed by atoms with E-state index in [2.05, 4.69) is 96.9 Å². The average molecular weight is 487 g/mol. The Labute approximate surface area is 178 Å². The number of rotatable bonds is 11. The normalized spacial score (nSPS) is 37.1. The van der Waals surface area contributed by atoms with E-state index in [9.17, 15) is 0 Å². The molecular formula is C14H41N11P4. The SMILES string of the molecule is CCN[P@@]1(N(C)C)=N[P@]2(NCC)=N[P@](NCC)(N(C)C)=N[P@](NCC)(=N1)N2CC.